The van der Waals surface area contributed by atoms with Crippen molar-refractivity contribution < 1.29 is 12.8 Å². The Morgan fingerprint density at radius 1 is 1.23 bits per heavy atom. The number of sulfonamides is 1. The molecule has 0 fully saturated rings. The molecule has 0 unspecified atom stereocenters. The van der Waals surface area contributed by atoms with Crippen LogP contribution in [0, 0.1) is 5.82 Å². The summed E-state index contributed by atoms with van der Waals surface area (Å²) in [6, 6.07) is 11.4. The molecule has 138 valence electrons. The molecular formula is C18H20FN3O2S2. The van der Waals surface area contributed by atoms with E-state index in [4.69, 9.17) is 5.14 Å². The van der Waals surface area contributed by atoms with Gasteiger partial charge >= 0.3 is 0 Å². The van der Waals surface area contributed by atoms with Crippen molar-refractivity contribution in [3.63, 3.8) is 0 Å². The second-order valence-electron chi connectivity index (χ2n) is 5.98. The van der Waals surface area contributed by atoms with Gasteiger partial charge in [-0.05, 0) is 36.2 Å². The Hall–Kier alpha value is -1.90. The molecule has 3 rings (SSSR count). The molecule has 3 aromatic rings. The molecule has 0 amide bonds. The number of nitrogens with zero attached hydrogens (tertiary/aromatic N) is 2. The average molecular weight is 394 g/mol. The van der Waals surface area contributed by atoms with Gasteiger partial charge in [0.05, 0.1) is 15.9 Å². The number of hydrogen-bond donors (Lipinski definition) is 1. The number of aromatic nitrogens is 2. The zero-order chi connectivity index (χ0) is 18.7. The quantitative estimate of drug-likeness (QED) is 0.617. The summed E-state index contributed by atoms with van der Waals surface area (Å²) < 4.78 is 39.1. The van der Waals surface area contributed by atoms with Crippen molar-refractivity contribution in [2.24, 2.45) is 5.14 Å². The number of imidazole rings is 1. The lowest BCUT2D eigenvalue weighted by Crippen LogP contribution is -2.11. The van der Waals surface area contributed by atoms with Crippen molar-refractivity contribution in [3.8, 4) is 0 Å². The lowest BCUT2D eigenvalue weighted by molar-refractivity contribution is 0.597. The Bertz CT molecular complexity index is 1030. The van der Waals surface area contributed by atoms with Gasteiger partial charge in [0.2, 0.25) is 10.0 Å². The van der Waals surface area contributed by atoms with Gasteiger partial charge in [0, 0.05) is 12.3 Å². The molecule has 0 atom stereocenters. The minimum atomic E-state index is -3.78. The molecular weight excluding hydrogens is 373 g/mol. The molecule has 1 heterocycles. The molecule has 0 spiro atoms. The highest BCUT2D eigenvalue weighted by atomic mass is 32.2. The van der Waals surface area contributed by atoms with Crippen molar-refractivity contribution in [1.29, 1.82) is 0 Å². The Kier molecular flexibility index (Phi) is 5.64. The first-order valence-corrected chi connectivity index (χ1v) is 10.8. The second kappa shape index (κ2) is 7.77. The summed E-state index contributed by atoms with van der Waals surface area (Å²) in [5.41, 5.74) is 2.03. The van der Waals surface area contributed by atoms with E-state index in [0.717, 1.165) is 30.1 Å². The van der Waals surface area contributed by atoms with E-state index in [9.17, 15) is 12.8 Å². The standard InChI is InChI=1S/C18H20FN3O2S2/c1-2-3-10-22-17-9-8-14(26(20,23)24)11-16(17)21-18(22)25-12-13-6-4-5-7-15(13)19/h4-9,11H,2-3,10,12H2,1H3,(H2,20,23,24). The number of unbranched alkanes of at least 4 members (excludes halogenated alkanes) is 1. The first-order valence-electron chi connectivity index (χ1n) is 8.29. The van der Waals surface area contributed by atoms with Crippen LogP contribution < -0.4 is 5.14 Å². The number of nitrogens with two attached hydrogens (primary N) is 1. The topological polar surface area (TPSA) is 78.0 Å². The van der Waals surface area contributed by atoms with Gasteiger partial charge in [0.15, 0.2) is 5.16 Å². The molecule has 0 aliphatic carbocycles. The SMILES string of the molecule is CCCCn1c(SCc2ccccc2F)nc2cc(S(N)(=O)=O)ccc21. The van der Waals surface area contributed by atoms with Crippen molar-refractivity contribution in [1.82, 2.24) is 9.55 Å². The Morgan fingerprint density at radius 3 is 2.69 bits per heavy atom. The number of fused-ring (bicyclic) bond motifs is 1. The van der Waals surface area contributed by atoms with Gasteiger partial charge in [-0.15, -0.1) is 0 Å². The summed E-state index contributed by atoms with van der Waals surface area (Å²) in [4.78, 5) is 4.61. The highest BCUT2D eigenvalue weighted by Gasteiger charge is 2.15. The van der Waals surface area contributed by atoms with Crippen LogP contribution in [0.3, 0.4) is 0 Å². The normalized spacial score (nSPS) is 12.0. The highest BCUT2D eigenvalue weighted by Crippen LogP contribution is 2.29. The summed E-state index contributed by atoms with van der Waals surface area (Å²) in [6.45, 7) is 2.87. The lowest BCUT2D eigenvalue weighted by atomic mass is 10.2. The number of rotatable bonds is 7. The third-order valence-electron chi connectivity index (χ3n) is 4.06. The number of aryl methyl sites for hydroxylation is 1. The van der Waals surface area contributed by atoms with E-state index in [1.807, 2.05) is 0 Å². The predicted octanol–water partition coefficient (Wildman–Crippen LogP) is 3.92. The van der Waals surface area contributed by atoms with Crippen LogP contribution in [0.5, 0.6) is 0 Å². The number of thioether (sulfide) groups is 1. The van der Waals surface area contributed by atoms with Gasteiger partial charge in [0.1, 0.15) is 5.82 Å². The van der Waals surface area contributed by atoms with E-state index in [-0.39, 0.29) is 10.7 Å². The van der Waals surface area contributed by atoms with Gasteiger partial charge in [-0.3, -0.25) is 0 Å². The number of primary sulfonamides is 1. The van der Waals surface area contributed by atoms with Crippen molar-refractivity contribution in [2.75, 3.05) is 0 Å². The Labute approximate surface area is 156 Å². The maximum absolute atomic E-state index is 13.9. The summed E-state index contributed by atoms with van der Waals surface area (Å²) in [5, 5.41) is 5.95. The van der Waals surface area contributed by atoms with Crippen molar-refractivity contribution in [2.45, 2.75) is 42.1 Å². The smallest absolute Gasteiger partial charge is 0.238 e. The molecule has 0 bridgehead atoms. The first-order chi connectivity index (χ1) is 12.4. The molecule has 0 radical (unpaired) electrons. The van der Waals surface area contributed by atoms with Gasteiger partial charge in [0.25, 0.3) is 0 Å². The summed E-state index contributed by atoms with van der Waals surface area (Å²) in [7, 11) is -3.78. The van der Waals surface area contributed by atoms with Crippen molar-refractivity contribution >= 4 is 32.8 Å². The van der Waals surface area contributed by atoms with E-state index in [1.165, 1.54) is 30.0 Å². The Balaban J connectivity index is 1.98. The molecule has 0 saturated carbocycles. The predicted molar refractivity (Wildman–Crippen MR) is 102 cm³/mol. The van der Waals surface area contributed by atoms with Crippen LogP contribution in [0.15, 0.2) is 52.5 Å². The maximum Gasteiger partial charge on any atom is 0.238 e. The van der Waals surface area contributed by atoms with Crippen molar-refractivity contribution in [3.05, 3.63) is 53.8 Å². The number of halogens is 1. The fraction of sp³-hybridized carbons (Fsp3) is 0.278. The van der Waals surface area contributed by atoms with Crippen LogP contribution in [-0.4, -0.2) is 18.0 Å². The van der Waals surface area contributed by atoms with Crippen LogP contribution in [0.4, 0.5) is 4.39 Å². The summed E-state index contributed by atoms with van der Waals surface area (Å²) in [6.07, 6.45) is 1.99. The van der Waals surface area contributed by atoms with E-state index in [1.54, 1.807) is 24.3 Å². The maximum atomic E-state index is 13.9. The van der Waals surface area contributed by atoms with Crippen LogP contribution in [-0.2, 0) is 22.3 Å². The number of benzene rings is 2. The molecule has 0 saturated heterocycles. The zero-order valence-electron chi connectivity index (χ0n) is 14.4. The molecule has 8 heteroatoms. The fourth-order valence-corrected chi connectivity index (χ4v) is 4.23. The average Bonchev–Trinajstić information content (AvgIpc) is 2.95. The largest absolute Gasteiger partial charge is 0.319 e. The van der Waals surface area contributed by atoms with Crippen LogP contribution in [0.25, 0.3) is 11.0 Å². The van der Waals surface area contributed by atoms with Crippen LogP contribution in [0.1, 0.15) is 25.3 Å². The second-order valence-corrected chi connectivity index (χ2v) is 8.48. The lowest BCUT2D eigenvalue weighted by Gasteiger charge is -2.08. The van der Waals surface area contributed by atoms with E-state index in [0.29, 0.717) is 16.8 Å². The van der Waals surface area contributed by atoms with E-state index < -0.39 is 10.0 Å². The zero-order valence-corrected chi connectivity index (χ0v) is 16.0. The fourth-order valence-electron chi connectivity index (χ4n) is 2.66. The third-order valence-corrected chi connectivity index (χ3v) is 6.00. The molecule has 1 aromatic heterocycles. The van der Waals surface area contributed by atoms with Crippen LogP contribution in [0.2, 0.25) is 0 Å². The highest BCUT2D eigenvalue weighted by molar-refractivity contribution is 7.98. The molecule has 0 aliphatic rings. The molecule has 0 aliphatic heterocycles. The van der Waals surface area contributed by atoms with Gasteiger partial charge in [-0.25, -0.2) is 22.9 Å². The molecule has 2 aromatic carbocycles. The van der Waals surface area contributed by atoms with Crippen LogP contribution >= 0.6 is 11.8 Å². The van der Waals surface area contributed by atoms with Gasteiger partial charge in [-0.2, -0.15) is 0 Å². The minimum Gasteiger partial charge on any atom is -0.319 e. The van der Waals surface area contributed by atoms with Gasteiger partial charge in [-0.1, -0.05) is 43.3 Å². The molecule has 2 N–H and O–H groups in total. The Morgan fingerprint density at radius 2 is 2.00 bits per heavy atom. The first kappa shape index (κ1) is 18.9. The van der Waals surface area contributed by atoms with Gasteiger partial charge < -0.3 is 4.57 Å². The third kappa shape index (κ3) is 4.08. The van der Waals surface area contributed by atoms with E-state index in [2.05, 4.69) is 16.5 Å². The number of hydrogen-bond acceptors (Lipinski definition) is 4. The molecule has 26 heavy (non-hydrogen) atoms. The summed E-state index contributed by atoms with van der Waals surface area (Å²) >= 11 is 1.43. The van der Waals surface area contributed by atoms with E-state index >= 15 is 0 Å². The minimum absolute atomic E-state index is 0.0378. The monoisotopic (exact) mass is 393 g/mol. The summed E-state index contributed by atoms with van der Waals surface area (Å²) in [5.74, 6) is 0.206. The molecule has 5 nitrogen and oxygen atoms in total.